The molecule has 0 bridgehead atoms. The summed E-state index contributed by atoms with van der Waals surface area (Å²) in [5, 5.41) is 6.15. The molecule has 0 unspecified atom stereocenters. The summed E-state index contributed by atoms with van der Waals surface area (Å²) in [6, 6.07) is 5.51. The number of carbonyl (C=O) groups excluding carboxylic acids is 1. The molecule has 122 valence electrons. The highest BCUT2D eigenvalue weighted by Crippen LogP contribution is 2.41. The number of methoxy groups -OCH3 is 2. The Balaban J connectivity index is 1.54. The van der Waals surface area contributed by atoms with Crippen molar-refractivity contribution in [2.45, 2.75) is 31.7 Å². The van der Waals surface area contributed by atoms with E-state index in [2.05, 4.69) is 10.3 Å². The quantitative estimate of drug-likeness (QED) is 0.847. The molecule has 0 spiro atoms. The van der Waals surface area contributed by atoms with Gasteiger partial charge in [-0.2, -0.15) is 0 Å². The molecule has 1 aliphatic carbocycles. The number of aromatic nitrogens is 1. The normalized spacial score (nSPS) is 13.7. The number of thiazole rings is 1. The second-order valence-corrected chi connectivity index (χ2v) is 6.48. The van der Waals surface area contributed by atoms with E-state index >= 15 is 0 Å². The van der Waals surface area contributed by atoms with E-state index < -0.39 is 0 Å². The largest absolute Gasteiger partial charge is 0.493 e. The Labute approximate surface area is 139 Å². The minimum absolute atomic E-state index is 0.0295. The van der Waals surface area contributed by atoms with Gasteiger partial charge in [0.05, 0.1) is 37.9 Å². The van der Waals surface area contributed by atoms with E-state index in [1.807, 2.05) is 23.6 Å². The van der Waals surface area contributed by atoms with Crippen molar-refractivity contribution in [1.82, 2.24) is 10.3 Å². The number of benzene rings is 1. The summed E-state index contributed by atoms with van der Waals surface area (Å²) in [5.74, 6) is 1.92. The zero-order valence-corrected chi connectivity index (χ0v) is 14.1. The monoisotopic (exact) mass is 332 g/mol. The van der Waals surface area contributed by atoms with Crippen LogP contribution in [0, 0.1) is 0 Å². The van der Waals surface area contributed by atoms with Crippen LogP contribution < -0.4 is 14.8 Å². The fourth-order valence-corrected chi connectivity index (χ4v) is 3.34. The molecule has 0 radical (unpaired) electrons. The van der Waals surface area contributed by atoms with Crippen LogP contribution in [-0.2, 0) is 17.8 Å². The third-order valence-corrected chi connectivity index (χ3v) is 4.83. The SMILES string of the molecule is COc1ccc(CC(=O)NCc2csc(C3CC3)n2)cc1OC. The van der Waals surface area contributed by atoms with Crippen molar-refractivity contribution in [3.8, 4) is 11.5 Å². The van der Waals surface area contributed by atoms with Crippen LogP contribution in [0.3, 0.4) is 0 Å². The molecule has 1 aromatic carbocycles. The van der Waals surface area contributed by atoms with Crippen molar-refractivity contribution < 1.29 is 14.3 Å². The molecule has 6 heteroatoms. The molecule has 3 rings (SSSR count). The molecule has 1 fully saturated rings. The highest BCUT2D eigenvalue weighted by Gasteiger charge is 2.26. The predicted octanol–water partition coefficient (Wildman–Crippen LogP) is 2.90. The molecule has 1 aromatic heterocycles. The van der Waals surface area contributed by atoms with Gasteiger partial charge in [-0.15, -0.1) is 11.3 Å². The molecule has 1 saturated carbocycles. The Morgan fingerprint density at radius 2 is 2.09 bits per heavy atom. The Morgan fingerprint density at radius 3 is 2.78 bits per heavy atom. The van der Waals surface area contributed by atoms with Crippen molar-refractivity contribution in [1.29, 1.82) is 0 Å². The molecule has 2 aromatic rings. The van der Waals surface area contributed by atoms with E-state index in [1.54, 1.807) is 25.6 Å². The van der Waals surface area contributed by atoms with Gasteiger partial charge in [0.1, 0.15) is 0 Å². The third-order valence-electron chi connectivity index (χ3n) is 3.78. The summed E-state index contributed by atoms with van der Waals surface area (Å²) >= 11 is 1.69. The van der Waals surface area contributed by atoms with E-state index in [1.165, 1.54) is 17.8 Å². The second kappa shape index (κ2) is 7.00. The van der Waals surface area contributed by atoms with Crippen molar-refractivity contribution in [3.63, 3.8) is 0 Å². The first kappa shape index (κ1) is 15.8. The highest BCUT2D eigenvalue weighted by atomic mass is 32.1. The van der Waals surface area contributed by atoms with Gasteiger partial charge in [-0.05, 0) is 30.5 Å². The number of ether oxygens (including phenoxy) is 2. The van der Waals surface area contributed by atoms with Gasteiger partial charge < -0.3 is 14.8 Å². The predicted molar refractivity (Wildman–Crippen MR) is 89.2 cm³/mol. The molecular weight excluding hydrogens is 312 g/mol. The molecule has 1 aliphatic rings. The molecule has 1 N–H and O–H groups in total. The van der Waals surface area contributed by atoms with Gasteiger partial charge >= 0.3 is 0 Å². The van der Waals surface area contributed by atoms with Crippen LogP contribution >= 0.6 is 11.3 Å². The minimum atomic E-state index is -0.0295. The first-order valence-electron chi connectivity index (χ1n) is 7.61. The fraction of sp³-hybridized carbons (Fsp3) is 0.412. The topological polar surface area (TPSA) is 60.5 Å². The third kappa shape index (κ3) is 4.01. The van der Waals surface area contributed by atoms with E-state index in [0.717, 1.165) is 11.3 Å². The maximum atomic E-state index is 12.1. The molecule has 5 nitrogen and oxygen atoms in total. The number of nitrogens with zero attached hydrogens (tertiary/aromatic N) is 1. The zero-order valence-electron chi connectivity index (χ0n) is 13.3. The summed E-state index contributed by atoms with van der Waals surface area (Å²) in [6.07, 6.45) is 2.80. The maximum Gasteiger partial charge on any atom is 0.224 e. The first-order valence-corrected chi connectivity index (χ1v) is 8.49. The Kier molecular flexibility index (Phi) is 4.81. The first-order chi connectivity index (χ1) is 11.2. The van der Waals surface area contributed by atoms with Crippen molar-refractivity contribution in [2.24, 2.45) is 0 Å². The van der Waals surface area contributed by atoms with Crippen LogP contribution in [-0.4, -0.2) is 25.1 Å². The van der Waals surface area contributed by atoms with E-state index in [9.17, 15) is 4.79 Å². The Hall–Kier alpha value is -2.08. The maximum absolute atomic E-state index is 12.1. The average molecular weight is 332 g/mol. The molecule has 1 amide bonds. The smallest absolute Gasteiger partial charge is 0.224 e. The summed E-state index contributed by atoms with van der Waals surface area (Å²) in [4.78, 5) is 16.7. The van der Waals surface area contributed by atoms with E-state index in [4.69, 9.17) is 9.47 Å². The summed E-state index contributed by atoms with van der Waals surface area (Å²) in [5.41, 5.74) is 1.83. The lowest BCUT2D eigenvalue weighted by atomic mass is 10.1. The van der Waals surface area contributed by atoms with Crippen LogP contribution in [0.4, 0.5) is 0 Å². The summed E-state index contributed by atoms with van der Waals surface area (Å²) < 4.78 is 10.4. The fourth-order valence-electron chi connectivity index (χ4n) is 2.35. The number of carbonyl (C=O) groups is 1. The number of amides is 1. The van der Waals surface area contributed by atoms with Crippen molar-refractivity contribution in [3.05, 3.63) is 39.8 Å². The molecule has 0 aliphatic heterocycles. The van der Waals surface area contributed by atoms with Crippen LogP contribution in [0.25, 0.3) is 0 Å². The van der Waals surface area contributed by atoms with Gasteiger partial charge in [0, 0.05) is 11.3 Å². The van der Waals surface area contributed by atoms with Crippen LogP contribution in [0.5, 0.6) is 11.5 Å². The van der Waals surface area contributed by atoms with Crippen LogP contribution in [0.2, 0.25) is 0 Å². The lowest BCUT2D eigenvalue weighted by molar-refractivity contribution is -0.120. The number of hydrogen-bond acceptors (Lipinski definition) is 5. The van der Waals surface area contributed by atoms with Crippen LogP contribution in [0.1, 0.15) is 35.0 Å². The second-order valence-electron chi connectivity index (χ2n) is 5.59. The van der Waals surface area contributed by atoms with Crippen molar-refractivity contribution >= 4 is 17.2 Å². The molecule has 23 heavy (non-hydrogen) atoms. The highest BCUT2D eigenvalue weighted by molar-refractivity contribution is 7.09. The van der Waals surface area contributed by atoms with Gasteiger partial charge in [-0.25, -0.2) is 4.98 Å². The van der Waals surface area contributed by atoms with Gasteiger partial charge in [0.25, 0.3) is 0 Å². The molecule has 0 saturated heterocycles. The lowest BCUT2D eigenvalue weighted by Gasteiger charge is -2.09. The summed E-state index contributed by atoms with van der Waals surface area (Å²) in [6.45, 7) is 0.481. The standard InChI is InChI=1S/C17H20N2O3S/c1-21-14-6-3-11(7-15(14)22-2)8-16(20)18-9-13-10-23-17(19-13)12-4-5-12/h3,6-7,10,12H,4-5,8-9H2,1-2H3,(H,18,20). The van der Waals surface area contributed by atoms with Gasteiger partial charge in [0.2, 0.25) is 5.91 Å². The van der Waals surface area contributed by atoms with E-state index in [-0.39, 0.29) is 5.91 Å². The van der Waals surface area contributed by atoms with Crippen molar-refractivity contribution in [2.75, 3.05) is 14.2 Å². The van der Waals surface area contributed by atoms with Gasteiger partial charge in [0.15, 0.2) is 11.5 Å². The number of nitrogens with one attached hydrogen (secondary N) is 1. The minimum Gasteiger partial charge on any atom is -0.493 e. The number of rotatable bonds is 7. The Bertz CT molecular complexity index is 695. The summed E-state index contributed by atoms with van der Waals surface area (Å²) in [7, 11) is 3.18. The zero-order chi connectivity index (χ0) is 16.2. The molecule has 1 heterocycles. The van der Waals surface area contributed by atoms with Gasteiger partial charge in [-0.1, -0.05) is 6.07 Å². The lowest BCUT2D eigenvalue weighted by Crippen LogP contribution is -2.24. The van der Waals surface area contributed by atoms with Gasteiger partial charge in [-0.3, -0.25) is 4.79 Å². The Morgan fingerprint density at radius 1 is 1.30 bits per heavy atom. The average Bonchev–Trinajstić information content (AvgIpc) is 3.31. The van der Waals surface area contributed by atoms with E-state index in [0.29, 0.717) is 30.4 Å². The van der Waals surface area contributed by atoms with Crippen LogP contribution in [0.15, 0.2) is 23.6 Å². The molecule has 0 atom stereocenters. The number of hydrogen-bond donors (Lipinski definition) is 1. The molecular formula is C17H20N2O3S.